The van der Waals surface area contributed by atoms with Crippen LogP contribution < -0.4 is 0 Å². The Bertz CT molecular complexity index is 7630. The monoisotopic (exact) mass is 1130 g/mol. The zero-order valence-corrected chi connectivity index (χ0v) is 49.2. The minimum absolute atomic E-state index is 0.431. The highest BCUT2D eigenvalue weighted by molar-refractivity contribution is 6.77. The Hall–Kier alpha value is -10.4. The maximum Gasteiger partial charge on any atom is 0.0512 e. The summed E-state index contributed by atoms with van der Waals surface area (Å²) in [6, 6.07) is 41.0. The quantitative estimate of drug-likeness (QED) is 0.133. The van der Waals surface area contributed by atoms with Gasteiger partial charge in [0.25, 0.3) is 0 Å². The fourth-order valence-corrected chi connectivity index (χ4v) is 35.1. The van der Waals surface area contributed by atoms with Gasteiger partial charge in [0, 0.05) is 21.7 Å². The lowest BCUT2D eigenvalue weighted by atomic mass is 9.25. The molecule has 0 aliphatic heterocycles. The molecule has 0 atom stereocenters. The molecule has 0 N–H and O–H groups in total. The van der Waals surface area contributed by atoms with Crippen molar-refractivity contribution in [2.24, 2.45) is 0 Å². The van der Waals surface area contributed by atoms with Gasteiger partial charge in [-0.25, -0.2) is 0 Å². The molecule has 92 heavy (non-hydrogen) atoms. The van der Waals surface area contributed by atoms with Gasteiger partial charge in [-0.2, -0.15) is 0 Å². The van der Waals surface area contributed by atoms with Crippen LogP contribution in [0.3, 0.4) is 0 Å². The highest BCUT2D eigenvalue weighted by Crippen LogP contribution is 2.95. The number of hydrogen-bond acceptors (Lipinski definition) is 0. The highest BCUT2D eigenvalue weighted by atomic mass is 14.9. The molecule has 0 saturated heterocycles. The van der Waals surface area contributed by atoms with E-state index in [4.69, 9.17) is 0 Å². The predicted molar refractivity (Wildman–Crippen MR) is 379 cm³/mol. The molecule has 4 bridgehead atoms. The van der Waals surface area contributed by atoms with Gasteiger partial charge in [0.1, 0.15) is 0 Å². The maximum absolute atomic E-state index is 2.88. The normalized spacial score (nSPS) is 30.7. The van der Waals surface area contributed by atoms with Gasteiger partial charge in [0.05, 0.1) is 21.7 Å². The van der Waals surface area contributed by atoms with Gasteiger partial charge in [-0.3, -0.25) is 0 Å². The molecule has 14 aliphatic rings. The van der Waals surface area contributed by atoms with Crippen molar-refractivity contribution in [2.75, 3.05) is 0 Å². The van der Waals surface area contributed by atoms with E-state index >= 15 is 0 Å². The Balaban J connectivity index is 1.02. The Kier molecular flexibility index (Phi) is 3.41. The van der Waals surface area contributed by atoms with E-state index in [1.807, 2.05) is 0 Å². The first-order chi connectivity index (χ1) is 45.4. The van der Waals surface area contributed by atoms with Crippen molar-refractivity contribution in [1.82, 2.24) is 0 Å². The second-order valence-electron chi connectivity index (χ2n) is 34.7. The van der Waals surface area contributed by atoms with Gasteiger partial charge in [0.2, 0.25) is 0 Å². The van der Waals surface area contributed by atoms with Crippen LogP contribution in [-0.2, 0) is 43.3 Å². The number of rotatable bonds is 0. The first-order valence-electron chi connectivity index (χ1n) is 34.8. The summed E-state index contributed by atoms with van der Waals surface area (Å²) < 4.78 is 0. The molecule has 0 aromatic heterocycles. The lowest BCUT2D eigenvalue weighted by molar-refractivity contribution is 0.102. The lowest BCUT2D eigenvalue weighted by Gasteiger charge is -2.75. The summed E-state index contributed by atoms with van der Waals surface area (Å²) in [5.74, 6) is 0. The summed E-state index contributed by atoms with van der Waals surface area (Å²) >= 11 is 0. The third-order valence-corrected chi connectivity index (χ3v) is 35.1. The van der Waals surface area contributed by atoms with Crippen molar-refractivity contribution in [2.45, 2.75) is 71.0 Å². The van der Waals surface area contributed by atoms with E-state index in [2.05, 4.69) is 125 Å². The molecular weight excluding hydrogens is 1110 g/mol. The molecule has 28 aromatic carbocycles. The third kappa shape index (κ3) is 1.94. The average Bonchev–Trinajstić information content (AvgIpc) is 1.35. The van der Waals surface area contributed by atoms with Crippen LogP contribution in [0, 0.1) is 0 Å². The molecule has 0 saturated carbocycles. The van der Waals surface area contributed by atoms with Crippen LogP contribution in [0.1, 0.15) is 117 Å². The summed E-state index contributed by atoms with van der Waals surface area (Å²) in [5, 5.41) is 80.7. The van der Waals surface area contributed by atoms with Crippen molar-refractivity contribution >= 4 is 259 Å². The molecule has 0 fully saturated rings. The zero-order chi connectivity index (χ0) is 56.3. The molecular formula is C92H28. The largest absolute Gasteiger partial charge is 0.0619 e. The second kappa shape index (κ2) is 8.47. The van der Waals surface area contributed by atoms with Gasteiger partial charge >= 0.3 is 0 Å². The van der Waals surface area contributed by atoms with E-state index in [0.717, 1.165) is 0 Å². The molecule has 0 nitrogen and oxygen atoms in total. The van der Waals surface area contributed by atoms with E-state index in [9.17, 15) is 0 Å². The molecule has 28 aromatic rings. The minimum Gasteiger partial charge on any atom is -0.0619 e. The number of benzene rings is 20. The number of hydrogen-bond donors (Lipinski definition) is 0. The average molecular weight is 1130 g/mol. The van der Waals surface area contributed by atoms with E-state index < -0.39 is 43.3 Å². The van der Waals surface area contributed by atoms with Crippen LogP contribution >= 0.6 is 0 Å². The van der Waals surface area contributed by atoms with Gasteiger partial charge in [-0.15, -0.1) is 0 Å². The Morgan fingerprint density at radius 2 is 0.217 bits per heavy atom. The smallest absolute Gasteiger partial charge is 0.0512 e. The molecule has 0 amide bonds. The molecule has 0 heteroatoms. The van der Waals surface area contributed by atoms with Crippen LogP contribution in [0.5, 0.6) is 0 Å². The Morgan fingerprint density at radius 3 is 0.315 bits per heavy atom. The van der Waals surface area contributed by atoms with Crippen LogP contribution in [0.15, 0.2) is 97.1 Å². The molecule has 0 unspecified atom stereocenters. The van der Waals surface area contributed by atoms with Gasteiger partial charge in [0.15, 0.2) is 0 Å². The zero-order valence-electron chi connectivity index (χ0n) is 49.2. The van der Waals surface area contributed by atoms with Crippen LogP contribution in [0.2, 0.25) is 0 Å². The van der Waals surface area contributed by atoms with Crippen LogP contribution in [-0.4, -0.2) is 0 Å². The SMILES string of the molecule is CC12c3ccccc3C(C)(c3ccccc31)C13c4c5c6c7c8c9c(c%10c%11c1c1c4c4c%12c5c5c6c6c8c8c%13c%14c%15c%16c%17c%18c%19c%20c%21c%22c%23c(c%14c%14c%24c%23c%23c%22c%22c%20c(c1c%22c%11c%23c%10c%24c9c%148)c4c%19c%12c%17c5c%16c%136)C%151C4(C)c5ccccc5C(C)(c5ccccc54)C%18%211)C723. The molecule has 0 heterocycles. The fourth-order valence-electron chi connectivity index (χ4n) is 35.1. The first-order valence-corrected chi connectivity index (χ1v) is 34.8. The molecule has 42 rings (SSSR count). The van der Waals surface area contributed by atoms with E-state index in [1.54, 1.807) is 348 Å². The molecule has 4 spiro atoms. The minimum atomic E-state index is -0.464. The maximum atomic E-state index is 2.88. The fraction of sp³-hybridized carbons (Fsp3) is 0.130. The lowest BCUT2D eigenvalue weighted by Crippen LogP contribution is -2.76. The van der Waals surface area contributed by atoms with Crippen molar-refractivity contribution in [3.05, 3.63) is 186 Å². The van der Waals surface area contributed by atoms with Crippen molar-refractivity contribution < 1.29 is 0 Å². The highest BCUT2D eigenvalue weighted by Gasteiger charge is 2.87. The summed E-state index contributed by atoms with van der Waals surface area (Å²) in [5.41, 5.74) is 23.4. The predicted octanol–water partition coefficient (Wildman–Crippen LogP) is 22.1. The van der Waals surface area contributed by atoms with Gasteiger partial charge in [-0.1, -0.05) is 125 Å². The summed E-state index contributed by atoms with van der Waals surface area (Å²) in [6.07, 6.45) is 0. The second-order valence-corrected chi connectivity index (χ2v) is 34.7. The standard InChI is InChI=1S/C92H28/c1-85-21-13-5-7-15-23(21)86(2,24-16-8-6-14-22(24)85)90-79-63-47-33-35-51-39(47)40-48-34-36-52(40)68-67(51)83-75-59(35)43-41-53-29-31-49-37-38-46-30-32-50(38)66-65(49)81(73(75)57(31)43)91-82(66)74-58(32)44(60(36)76(74)84(68)92(83,91)88(4)27-19-11-9-17-25(27)87(91,3)26-18-10-12-20-28(26)88)42-54(30)70(72(56(34)42)80(90)64(48)63)78-62(46)61(45(29)37)77(89(78,85)90)69(53)71(79)55(33)41/h5-20H,1-4H3. The molecule has 0 radical (unpaired) electrons. The topological polar surface area (TPSA) is 0 Å². The van der Waals surface area contributed by atoms with E-state index in [1.165, 1.54) is 0 Å². The Morgan fingerprint density at radius 1 is 0.130 bits per heavy atom. The van der Waals surface area contributed by atoms with E-state index in [0.29, 0.717) is 0 Å². The first kappa shape index (κ1) is 37.1. The van der Waals surface area contributed by atoms with Crippen LogP contribution in [0.4, 0.5) is 0 Å². The molecule has 14 aliphatic carbocycles. The van der Waals surface area contributed by atoms with Crippen molar-refractivity contribution in [3.8, 4) is 0 Å². The van der Waals surface area contributed by atoms with Gasteiger partial charge in [-0.05, 0) is 348 Å². The Labute approximate surface area is 512 Å². The summed E-state index contributed by atoms with van der Waals surface area (Å²) in [6.45, 7) is 11.5. The third-order valence-electron chi connectivity index (χ3n) is 35.1. The summed E-state index contributed by atoms with van der Waals surface area (Å²) in [7, 11) is 0. The summed E-state index contributed by atoms with van der Waals surface area (Å²) in [4.78, 5) is 0. The molecule has 396 valence electrons. The van der Waals surface area contributed by atoms with Crippen molar-refractivity contribution in [3.63, 3.8) is 0 Å². The van der Waals surface area contributed by atoms with E-state index in [-0.39, 0.29) is 0 Å². The van der Waals surface area contributed by atoms with Gasteiger partial charge < -0.3 is 0 Å². The van der Waals surface area contributed by atoms with Crippen LogP contribution in [0.25, 0.3) is 259 Å². The van der Waals surface area contributed by atoms with Crippen molar-refractivity contribution in [1.29, 1.82) is 0 Å².